The van der Waals surface area contributed by atoms with Gasteiger partial charge in [-0.05, 0) is 34.2 Å². The Morgan fingerprint density at radius 1 is 1.67 bits per heavy atom. The quantitative estimate of drug-likeness (QED) is 0.496. The van der Waals surface area contributed by atoms with E-state index in [2.05, 4.69) is 33.5 Å². The fourth-order valence-corrected chi connectivity index (χ4v) is 1.50. The predicted octanol–water partition coefficient (Wildman–Crippen LogP) is 2.15. The molecule has 0 fully saturated rings. The molecule has 0 heterocycles. The number of thiocarbonyl (C=S) groups is 1. The van der Waals surface area contributed by atoms with Crippen LogP contribution in [0.25, 0.3) is 0 Å². The molecular formula is C7H5BrFN3O2S. The van der Waals surface area contributed by atoms with Crippen LogP contribution in [0.15, 0.2) is 16.6 Å². The number of hydrogen-bond donors (Lipinski definition) is 2. The minimum Gasteiger partial charge on any atom is -0.376 e. The zero-order chi connectivity index (χ0) is 11.6. The van der Waals surface area contributed by atoms with Crippen molar-refractivity contribution >= 4 is 44.6 Å². The molecule has 0 saturated carbocycles. The Bertz CT molecular complexity index is 440. The molecule has 0 aliphatic rings. The van der Waals surface area contributed by atoms with E-state index in [1.807, 2.05) is 0 Å². The Hall–Kier alpha value is -1.28. The zero-order valence-electron chi connectivity index (χ0n) is 7.16. The van der Waals surface area contributed by atoms with E-state index in [0.717, 1.165) is 6.07 Å². The first kappa shape index (κ1) is 11.8. The Morgan fingerprint density at radius 3 is 2.73 bits per heavy atom. The van der Waals surface area contributed by atoms with Crippen molar-refractivity contribution in [1.29, 1.82) is 0 Å². The van der Waals surface area contributed by atoms with Crippen LogP contribution in [-0.2, 0) is 0 Å². The summed E-state index contributed by atoms with van der Waals surface area (Å²) < 4.78 is 13.4. The van der Waals surface area contributed by atoms with Crippen LogP contribution in [0.3, 0.4) is 0 Å². The van der Waals surface area contributed by atoms with E-state index in [4.69, 9.17) is 5.73 Å². The largest absolute Gasteiger partial charge is 0.376 e. The maximum absolute atomic E-state index is 13.2. The van der Waals surface area contributed by atoms with Gasteiger partial charge >= 0.3 is 0 Å². The molecule has 0 radical (unpaired) electrons. The van der Waals surface area contributed by atoms with Crippen LogP contribution in [-0.4, -0.2) is 10.0 Å². The Labute approximate surface area is 97.7 Å². The first-order valence-electron chi connectivity index (χ1n) is 3.61. The fraction of sp³-hybridized carbons (Fsp3) is 0. The van der Waals surface area contributed by atoms with Gasteiger partial charge in [0.05, 0.1) is 21.1 Å². The highest BCUT2D eigenvalue weighted by atomic mass is 79.9. The number of nitrogens with one attached hydrogen (secondary N) is 1. The van der Waals surface area contributed by atoms with Crippen molar-refractivity contribution in [3.05, 3.63) is 32.5 Å². The van der Waals surface area contributed by atoms with Crippen molar-refractivity contribution in [2.45, 2.75) is 0 Å². The summed E-state index contributed by atoms with van der Waals surface area (Å²) in [4.78, 5) is 9.75. The lowest BCUT2D eigenvalue weighted by Crippen LogP contribution is -2.19. The molecule has 5 nitrogen and oxygen atoms in total. The van der Waals surface area contributed by atoms with Gasteiger partial charge < -0.3 is 11.1 Å². The topological polar surface area (TPSA) is 81.2 Å². The maximum atomic E-state index is 13.2. The van der Waals surface area contributed by atoms with Crippen LogP contribution in [0.1, 0.15) is 0 Å². The second-order valence-corrected chi connectivity index (χ2v) is 3.82. The van der Waals surface area contributed by atoms with Gasteiger partial charge in [0.2, 0.25) is 0 Å². The van der Waals surface area contributed by atoms with Gasteiger partial charge in [-0.2, -0.15) is 0 Å². The molecule has 0 spiro atoms. The van der Waals surface area contributed by atoms with Crippen molar-refractivity contribution in [3.63, 3.8) is 0 Å². The summed E-state index contributed by atoms with van der Waals surface area (Å²) in [6, 6.07) is 1.98. The summed E-state index contributed by atoms with van der Waals surface area (Å²) >= 11 is 7.46. The standard InChI is InChI=1S/C7H5BrFN3O2S/c8-3-1-5(11-7(10)15)4(9)2-6(3)12(13)14/h1-2H,(H3,10,11,15). The monoisotopic (exact) mass is 293 g/mol. The summed E-state index contributed by atoms with van der Waals surface area (Å²) in [5.41, 5.74) is 4.77. The van der Waals surface area contributed by atoms with Gasteiger partial charge in [-0.25, -0.2) is 4.39 Å². The molecule has 0 aliphatic heterocycles. The molecule has 15 heavy (non-hydrogen) atoms. The maximum Gasteiger partial charge on any atom is 0.286 e. The Kier molecular flexibility index (Phi) is 3.53. The van der Waals surface area contributed by atoms with Crippen molar-refractivity contribution < 1.29 is 9.31 Å². The van der Waals surface area contributed by atoms with Crippen molar-refractivity contribution in [1.82, 2.24) is 0 Å². The van der Waals surface area contributed by atoms with Gasteiger partial charge in [0.1, 0.15) is 0 Å². The highest BCUT2D eigenvalue weighted by Gasteiger charge is 2.16. The summed E-state index contributed by atoms with van der Waals surface area (Å²) in [5, 5.41) is 12.7. The lowest BCUT2D eigenvalue weighted by Gasteiger charge is -2.05. The van der Waals surface area contributed by atoms with Gasteiger partial charge in [0.25, 0.3) is 5.69 Å². The predicted molar refractivity (Wildman–Crippen MR) is 61.2 cm³/mol. The van der Waals surface area contributed by atoms with Crippen molar-refractivity contribution in [2.24, 2.45) is 5.73 Å². The zero-order valence-corrected chi connectivity index (χ0v) is 9.56. The van der Waals surface area contributed by atoms with Crippen LogP contribution >= 0.6 is 28.1 Å². The number of rotatable bonds is 2. The first-order chi connectivity index (χ1) is 6.91. The Morgan fingerprint density at radius 2 is 2.27 bits per heavy atom. The minimum atomic E-state index is -0.794. The molecule has 3 N–H and O–H groups in total. The number of nitro benzene ring substituents is 1. The van der Waals surface area contributed by atoms with Crippen LogP contribution in [0.5, 0.6) is 0 Å². The number of halogens is 2. The lowest BCUT2D eigenvalue weighted by atomic mass is 10.2. The molecular weight excluding hydrogens is 289 g/mol. The van der Waals surface area contributed by atoms with Crippen molar-refractivity contribution in [2.75, 3.05) is 5.32 Å². The first-order valence-corrected chi connectivity index (χ1v) is 4.82. The molecule has 0 atom stereocenters. The lowest BCUT2D eigenvalue weighted by molar-refractivity contribution is -0.385. The minimum absolute atomic E-state index is 0.0139. The molecule has 1 rings (SSSR count). The van der Waals surface area contributed by atoms with E-state index in [-0.39, 0.29) is 21.0 Å². The van der Waals surface area contributed by atoms with E-state index in [1.165, 1.54) is 6.07 Å². The third-order valence-electron chi connectivity index (χ3n) is 1.49. The van der Waals surface area contributed by atoms with Gasteiger partial charge in [-0.3, -0.25) is 10.1 Å². The molecule has 0 amide bonds. The van der Waals surface area contributed by atoms with Crippen LogP contribution in [0.4, 0.5) is 15.8 Å². The van der Waals surface area contributed by atoms with Gasteiger partial charge in [0.15, 0.2) is 10.9 Å². The van der Waals surface area contributed by atoms with Crippen molar-refractivity contribution in [3.8, 4) is 0 Å². The molecule has 0 aromatic heterocycles. The van der Waals surface area contributed by atoms with E-state index in [0.29, 0.717) is 0 Å². The van der Waals surface area contributed by atoms with Crippen LogP contribution in [0.2, 0.25) is 0 Å². The van der Waals surface area contributed by atoms with Gasteiger partial charge in [0, 0.05) is 0 Å². The van der Waals surface area contributed by atoms with E-state index in [9.17, 15) is 14.5 Å². The van der Waals surface area contributed by atoms with E-state index >= 15 is 0 Å². The average Bonchev–Trinajstić information content (AvgIpc) is 2.09. The smallest absolute Gasteiger partial charge is 0.286 e. The third kappa shape index (κ3) is 2.83. The highest BCUT2D eigenvalue weighted by Crippen LogP contribution is 2.30. The third-order valence-corrected chi connectivity index (χ3v) is 2.23. The fourth-order valence-electron chi connectivity index (χ4n) is 0.905. The second kappa shape index (κ2) is 4.49. The molecule has 1 aromatic rings. The second-order valence-electron chi connectivity index (χ2n) is 2.53. The number of anilines is 1. The van der Waals surface area contributed by atoms with Crippen LogP contribution < -0.4 is 11.1 Å². The molecule has 0 bridgehead atoms. The van der Waals surface area contributed by atoms with Gasteiger partial charge in [-0.15, -0.1) is 0 Å². The number of nitrogens with zero attached hydrogens (tertiary/aromatic N) is 1. The van der Waals surface area contributed by atoms with Crippen LogP contribution in [0, 0.1) is 15.9 Å². The molecule has 0 aliphatic carbocycles. The summed E-state index contributed by atoms with van der Waals surface area (Å²) in [6.07, 6.45) is 0. The molecule has 0 unspecified atom stereocenters. The molecule has 0 saturated heterocycles. The summed E-state index contributed by atoms with van der Waals surface area (Å²) in [6.45, 7) is 0. The molecule has 8 heteroatoms. The Balaban J connectivity index is 3.19. The molecule has 80 valence electrons. The summed E-state index contributed by atoms with van der Waals surface area (Å²) in [7, 11) is 0. The summed E-state index contributed by atoms with van der Waals surface area (Å²) in [5.74, 6) is -0.794. The molecule has 1 aromatic carbocycles. The normalized spacial score (nSPS) is 9.73. The average molecular weight is 294 g/mol. The highest BCUT2D eigenvalue weighted by molar-refractivity contribution is 9.10. The number of benzene rings is 1. The van der Waals surface area contributed by atoms with E-state index in [1.54, 1.807) is 0 Å². The van der Waals surface area contributed by atoms with E-state index < -0.39 is 10.7 Å². The number of hydrogen-bond acceptors (Lipinski definition) is 3. The number of nitrogens with two attached hydrogens (primary N) is 1. The number of nitro groups is 1. The SMILES string of the molecule is NC(=S)Nc1cc(Br)c([N+](=O)[O-])cc1F. The van der Waals surface area contributed by atoms with Gasteiger partial charge in [-0.1, -0.05) is 0 Å².